The molecule has 1 aliphatic heterocycles. The maximum atomic E-state index is 6.21. The molecule has 0 aromatic carbocycles. The SMILES string of the molecule is CCCCC/C=C\C/C=C\CCCCCCCCOCC(CB1CCCCC1)OCCOCCOCCC. The van der Waals surface area contributed by atoms with E-state index in [1.807, 2.05) is 0 Å². The topological polar surface area (TPSA) is 36.9 Å². The summed E-state index contributed by atoms with van der Waals surface area (Å²) in [5.74, 6) is 0. The standard InChI is InChI=1S/C33H63BO4/c1-3-5-6-7-8-9-10-11-12-13-14-15-16-17-18-22-26-37-32-33(31-34-23-20-19-21-24-34)38-30-29-36-28-27-35-25-4-2/h8-9,11-12,33H,3-7,10,13-32H2,1-2H3/b9-8-,12-11-. The Hall–Kier alpha value is -0.615. The van der Waals surface area contributed by atoms with E-state index in [4.69, 9.17) is 18.9 Å². The Morgan fingerprint density at radius 2 is 1.21 bits per heavy atom. The molecular weight excluding hydrogens is 471 g/mol. The molecule has 0 amide bonds. The lowest BCUT2D eigenvalue weighted by atomic mass is 9.39. The number of rotatable bonds is 28. The first-order valence-corrected chi connectivity index (χ1v) is 16.5. The van der Waals surface area contributed by atoms with Gasteiger partial charge < -0.3 is 18.9 Å². The summed E-state index contributed by atoms with van der Waals surface area (Å²) >= 11 is 0. The fourth-order valence-electron chi connectivity index (χ4n) is 5.13. The van der Waals surface area contributed by atoms with E-state index in [0.29, 0.717) is 26.4 Å². The molecule has 0 aliphatic carbocycles. The van der Waals surface area contributed by atoms with Gasteiger partial charge in [0.05, 0.1) is 39.1 Å². The van der Waals surface area contributed by atoms with Crippen LogP contribution < -0.4 is 0 Å². The highest BCUT2D eigenvalue weighted by atomic mass is 16.6. The van der Waals surface area contributed by atoms with Crippen LogP contribution >= 0.6 is 0 Å². The van der Waals surface area contributed by atoms with Gasteiger partial charge in [-0.2, -0.15) is 0 Å². The lowest BCUT2D eigenvalue weighted by Gasteiger charge is -2.24. The first-order valence-electron chi connectivity index (χ1n) is 16.5. The predicted molar refractivity (Wildman–Crippen MR) is 166 cm³/mol. The van der Waals surface area contributed by atoms with Crippen LogP contribution in [-0.2, 0) is 18.9 Å². The van der Waals surface area contributed by atoms with Crippen molar-refractivity contribution >= 4 is 6.71 Å². The average molecular weight is 535 g/mol. The Labute approximate surface area is 237 Å². The molecular formula is C33H63BO4. The second kappa shape index (κ2) is 29.4. The van der Waals surface area contributed by atoms with Crippen LogP contribution in [0.3, 0.4) is 0 Å². The molecule has 5 heteroatoms. The largest absolute Gasteiger partial charge is 0.379 e. The summed E-state index contributed by atoms with van der Waals surface area (Å²) < 4.78 is 23.4. The molecule has 222 valence electrons. The summed E-state index contributed by atoms with van der Waals surface area (Å²) in [6.45, 7) is 10.2. The van der Waals surface area contributed by atoms with Crippen molar-refractivity contribution in [3.63, 3.8) is 0 Å². The lowest BCUT2D eigenvalue weighted by Crippen LogP contribution is -2.29. The molecule has 1 fully saturated rings. The van der Waals surface area contributed by atoms with Gasteiger partial charge in [-0.25, -0.2) is 0 Å². The summed E-state index contributed by atoms with van der Waals surface area (Å²) in [7, 11) is 0. The molecule has 1 saturated heterocycles. The van der Waals surface area contributed by atoms with E-state index < -0.39 is 0 Å². The maximum Gasteiger partial charge on any atom is 0.142 e. The van der Waals surface area contributed by atoms with Crippen LogP contribution in [0.15, 0.2) is 24.3 Å². The summed E-state index contributed by atoms with van der Waals surface area (Å²) in [6.07, 6.45) is 34.0. The Kier molecular flexibility index (Phi) is 27.4. The first kappa shape index (κ1) is 35.4. The number of unbranched alkanes of at least 4 members (excludes halogenated alkanes) is 9. The highest BCUT2D eigenvalue weighted by Gasteiger charge is 2.22. The molecule has 0 aromatic rings. The minimum Gasteiger partial charge on any atom is -0.379 e. The summed E-state index contributed by atoms with van der Waals surface area (Å²) in [5, 5.41) is 0. The molecule has 0 bridgehead atoms. The Morgan fingerprint density at radius 1 is 0.579 bits per heavy atom. The molecule has 38 heavy (non-hydrogen) atoms. The van der Waals surface area contributed by atoms with Crippen molar-refractivity contribution in [3.05, 3.63) is 24.3 Å². The van der Waals surface area contributed by atoms with Gasteiger partial charge in [0.1, 0.15) is 6.71 Å². The van der Waals surface area contributed by atoms with E-state index in [1.165, 1.54) is 103 Å². The van der Waals surface area contributed by atoms with Crippen molar-refractivity contribution in [2.45, 2.75) is 142 Å². The second-order valence-corrected chi connectivity index (χ2v) is 11.1. The van der Waals surface area contributed by atoms with E-state index in [0.717, 1.165) is 45.7 Å². The van der Waals surface area contributed by atoms with Crippen LogP contribution in [0.4, 0.5) is 0 Å². The van der Waals surface area contributed by atoms with Gasteiger partial charge >= 0.3 is 0 Å². The van der Waals surface area contributed by atoms with Gasteiger partial charge in [-0.15, -0.1) is 0 Å². The van der Waals surface area contributed by atoms with Gasteiger partial charge in [-0.1, -0.05) is 109 Å². The zero-order valence-electron chi connectivity index (χ0n) is 25.5. The normalized spacial score (nSPS) is 15.3. The van der Waals surface area contributed by atoms with Crippen LogP contribution in [-0.4, -0.2) is 59.1 Å². The molecule has 1 aliphatic rings. The molecule has 1 rings (SSSR count). The molecule has 4 nitrogen and oxygen atoms in total. The van der Waals surface area contributed by atoms with E-state index in [9.17, 15) is 0 Å². The molecule has 1 atom stereocenters. The molecule has 0 aromatic heterocycles. The fourth-order valence-corrected chi connectivity index (χ4v) is 5.13. The van der Waals surface area contributed by atoms with Gasteiger partial charge in [0, 0.05) is 13.2 Å². The zero-order chi connectivity index (χ0) is 27.2. The van der Waals surface area contributed by atoms with E-state index >= 15 is 0 Å². The third-order valence-electron chi connectivity index (χ3n) is 7.42. The maximum absolute atomic E-state index is 6.21. The van der Waals surface area contributed by atoms with Crippen LogP contribution in [0.1, 0.15) is 117 Å². The minimum absolute atomic E-state index is 0.211. The Balaban J connectivity index is 2.00. The average Bonchev–Trinajstić information content (AvgIpc) is 2.94. The predicted octanol–water partition coefficient (Wildman–Crippen LogP) is 9.32. The number of ether oxygens (including phenoxy) is 4. The Morgan fingerprint density at radius 3 is 1.92 bits per heavy atom. The van der Waals surface area contributed by atoms with Crippen LogP contribution in [0.25, 0.3) is 0 Å². The van der Waals surface area contributed by atoms with Crippen molar-refractivity contribution in [1.29, 1.82) is 0 Å². The van der Waals surface area contributed by atoms with Crippen molar-refractivity contribution in [3.8, 4) is 0 Å². The van der Waals surface area contributed by atoms with Crippen LogP contribution in [0.5, 0.6) is 0 Å². The summed E-state index contributed by atoms with van der Waals surface area (Å²) in [5.41, 5.74) is 0. The Bertz CT molecular complexity index is 519. The minimum atomic E-state index is 0.211. The molecule has 0 N–H and O–H groups in total. The van der Waals surface area contributed by atoms with Gasteiger partial charge in [-0.3, -0.25) is 0 Å². The molecule has 1 unspecified atom stereocenters. The summed E-state index contributed by atoms with van der Waals surface area (Å²) in [4.78, 5) is 0. The highest BCUT2D eigenvalue weighted by molar-refractivity contribution is 6.59. The molecule has 0 radical (unpaired) electrons. The van der Waals surface area contributed by atoms with Crippen molar-refractivity contribution in [2.75, 3.05) is 46.2 Å². The third kappa shape index (κ3) is 24.4. The van der Waals surface area contributed by atoms with Gasteiger partial charge in [0.25, 0.3) is 0 Å². The lowest BCUT2D eigenvalue weighted by molar-refractivity contribution is -0.0371. The fraction of sp³-hybridized carbons (Fsp3) is 0.879. The molecule has 0 spiro atoms. The molecule has 0 saturated carbocycles. The first-order chi connectivity index (χ1) is 18.9. The van der Waals surface area contributed by atoms with E-state index in [2.05, 4.69) is 38.2 Å². The smallest absolute Gasteiger partial charge is 0.142 e. The van der Waals surface area contributed by atoms with Crippen LogP contribution in [0.2, 0.25) is 19.0 Å². The van der Waals surface area contributed by atoms with Gasteiger partial charge in [0.2, 0.25) is 0 Å². The zero-order valence-corrected chi connectivity index (χ0v) is 25.5. The highest BCUT2D eigenvalue weighted by Crippen LogP contribution is 2.23. The quantitative estimate of drug-likeness (QED) is 0.0569. The van der Waals surface area contributed by atoms with Crippen molar-refractivity contribution in [1.82, 2.24) is 0 Å². The molecule has 1 heterocycles. The second-order valence-electron chi connectivity index (χ2n) is 11.1. The van der Waals surface area contributed by atoms with E-state index in [-0.39, 0.29) is 6.10 Å². The third-order valence-corrected chi connectivity index (χ3v) is 7.42. The number of allylic oxidation sites excluding steroid dienone is 4. The monoisotopic (exact) mass is 534 g/mol. The van der Waals surface area contributed by atoms with Gasteiger partial charge in [0.15, 0.2) is 0 Å². The van der Waals surface area contributed by atoms with Crippen molar-refractivity contribution < 1.29 is 18.9 Å². The number of hydrogen-bond donors (Lipinski definition) is 0. The number of hydrogen-bond acceptors (Lipinski definition) is 4. The van der Waals surface area contributed by atoms with Crippen LogP contribution in [0, 0.1) is 0 Å². The van der Waals surface area contributed by atoms with Crippen molar-refractivity contribution in [2.24, 2.45) is 0 Å². The van der Waals surface area contributed by atoms with Gasteiger partial charge in [-0.05, 0) is 51.3 Å². The summed E-state index contributed by atoms with van der Waals surface area (Å²) in [6, 6.07) is 0. The van der Waals surface area contributed by atoms with E-state index in [1.54, 1.807) is 0 Å².